The monoisotopic (exact) mass is 193 g/mol. The number of anilines is 1. The number of nitrogens with zero attached hydrogens (tertiary/aromatic N) is 1. The molecule has 0 fully saturated rings. The van der Waals surface area contributed by atoms with Gasteiger partial charge < -0.3 is 10.0 Å². The molecule has 1 aromatic rings. The van der Waals surface area contributed by atoms with Crippen molar-refractivity contribution in [1.29, 1.82) is 0 Å². The predicted molar refractivity (Wildman–Crippen MR) is 61.1 cm³/mol. The zero-order valence-corrected chi connectivity index (χ0v) is 9.63. The van der Waals surface area contributed by atoms with Crippen LogP contribution in [0.4, 0.5) is 5.69 Å². The van der Waals surface area contributed by atoms with E-state index < -0.39 is 0 Å². The Kier molecular flexibility index (Phi) is 2.74. The van der Waals surface area contributed by atoms with Gasteiger partial charge in [-0.2, -0.15) is 0 Å². The van der Waals surface area contributed by atoms with Gasteiger partial charge in [0.1, 0.15) is 5.75 Å². The molecule has 0 aliphatic heterocycles. The maximum absolute atomic E-state index is 9.46. The number of rotatable bonds is 1. The van der Waals surface area contributed by atoms with Crippen molar-refractivity contribution < 1.29 is 5.11 Å². The quantitative estimate of drug-likeness (QED) is 0.741. The van der Waals surface area contributed by atoms with Crippen LogP contribution in [0.25, 0.3) is 0 Å². The van der Waals surface area contributed by atoms with Crippen molar-refractivity contribution in [3.8, 4) is 5.75 Å². The maximum Gasteiger partial charge on any atom is 0.116 e. The molecule has 0 aliphatic carbocycles. The summed E-state index contributed by atoms with van der Waals surface area (Å²) in [5.41, 5.74) is 2.39. The SMILES string of the molecule is CN(C)c1ccc(O)cc1C(C)(C)C. The molecule has 0 bridgehead atoms. The van der Waals surface area contributed by atoms with Gasteiger partial charge in [-0.1, -0.05) is 20.8 Å². The van der Waals surface area contributed by atoms with Gasteiger partial charge in [-0.05, 0) is 29.2 Å². The van der Waals surface area contributed by atoms with Crippen LogP contribution in [-0.2, 0) is 5.41 Å². The predicted octanol–water partition coefficient (Wildman–Crippen LogP) is 2.76. The summed E-state index contributed by atoms with van der Waals surface area (Å²) >= 11 is 0. The number of phenols is 1. The molecule has 0 radical (unpaired) electrons. The minimum Gasteiger partial charge on any atom is -0.508 e. The molecular weight excluding hydrogens is 174 g/mol. The summed E-state index contributed by atoms with van der Waals surface area (Å²) in [6.45, 7) is 6.44. The summed E-state index contributed by atoms with van der Waals surface area (Å²) in [6, 6.07) is 5.52. The Bertz CT molecular complexity index is 324. The van der Waals surface area contributed by atoms with E-state index >= 15 is 0 Å². The minimum absolute atomic E-state index is 0.0539. The molecule has 1 N–H and O–H groups in total. The Morgan fingerprint density at radius 3 is 2.14 bits per heavy atom. The van der Waals surface area contributed by atoms with E-state index in [9.17, 15) is 5.11 Å². The van der Waals surface area contributed by atoms with Gasteiger partial charge in [0.15, 0.2) is 0 Å². The molecule has 0 aromatic heterocycles. The van der Waals surface area contributed by atoms with E-state index in [-0.39, 0.29) is 5.41 Å². The van der Waals surface area contributed by atoms with E-state index in [1.54, 1.807) is 6.07 Å². The fourth-order valence-electron chi connectivity index (χ4n) is 1.51. The molecule has 0 saturated heterocycles. The minimum atomic E-state index is 0.0539. The lowest BCUT2D eigenvalue weighted by Crippen LogP contribution is -2.18. The first-order valence-corrected chi connectivity index (χ1v) is 4.83. The number of hydrogen-bond donors (Lipinski definition) is 1. The van der Waals surface area contributed by atoms with Gasteiger partial charge in [-0.3, -0.25) is 0 Å². The lowest BCUT2D eigenvalue weighted by molar-refractivity contribution is 0.471. The second kappa shape index (κ2) is 3.52. The first-order chi connectivity index (χ1) is 6.32. The van der Waals surface area contributed by atoms with Crippen molar-refractivity contribution in [2.45, 2.75) is 26.2 Å². The number of hydrogen-bond acceptors (Lipinski definition) is 2. The van der Waals surface area contributed by atoms with Crippen LogP contribution < -0.4 is 4.90 Å². The molecule has 0 aliphatic rings. The average molecular weight is 193 g/mol. The van der Waals surface area contributed by atoms with Crippen molar-refractivity contribution in [3.63, 3.8) is 0 Å². The van der Waals surface area contributed by atoms with Crippen molar-refractivity contribution in [3.05, 3.63) is 23.8 Å². The average Bonchev–Trinajstić information content (AvgIpc) is 2.01. The highest BCUT2D eigenvalue weighted by molar-refractivity contribution is 5.57. The van der Waals surface area contributed by atoms with Crippen molar-refractivity contribution in [2.75, 3.05) is 19.0 Å². The molecule has 2 nitrogen and oxygen atoms in total. The van der Waals surface area contributed by atoms with Gasteiger partial charge in [-0.25, -0.2) is 0 Å². The molecule has 0 heterocycles. The third-order valence-electron chi connectivity index (χ3n) is 2.27. The molecule has 0 amide bonds. The number of aromatic hydroxyl groups is 1. The van der Waals surface area contributed by atoms with Crippen LogP contribution in [0.5, 0.6) is 5.75 Å². The summed E-state index contributed by atoms with van der Waals surface area (Å²) in [6.07, 6.45) is 0. The Morgan fingerprint density at radius 2 is 1.71 bits per heavy atom. The second-order valence-electron chi connectivity index (χ2n) is 4.85. The van der Waals surface area contributed by atoms with Gasteiger partial charge in [-0.15, -0.1) is 0 Å². The molecule has 0 saturated carbocycles. The summed E-state index contributed by atoms with van der Waals surface area (Å²) in [4.78, 5) is 2.07. The molecule has 0 spiro atoms. The molecule has 14 heavy (non-hydrogen) atoms. The fraction of sp³-hybridized carbons (Fsp3) is 0.500. The summed E-state index contributed by atoms with van der Waals surface area (Å²) in [5.74, 6) is 0.334. The first kappa shape index (κ1) is 10.9. The van der Waals surface area contributed by atoms with Crippen LogP contribution in [0.3, 0.4) is 0 Å². The number of phenolic OH excluding ortho intramolecular Hbond substituents is 1. The highest BCUT2D eigenvalue weighted by atomic mass is 16.3. The van der Waals surface area contributed by atoms with Crippen LogP contribution in [0.2, 0.25) is 0 Å². The fourth-order valence-corrected chi connectivity index (χ4v) is 1.51. The molecule has 1 rings (SSSR count). The Labute approximate surface area is 86.2 Å². The Hall–Kier alpha value is -1.18. The van der Waals surface area contributed by atoms with E-state index in [4.69, 9.17) is 0 Å². The van der Waals surface area contributed by atoms with E-state index in [1.165, 1.54) is 5.56 Å². The van der Waals surface area contributed by atoms with Gasteiger partial charge in [0.2, 0.25) is 0 Å². The molecular formula is C12H19NO. The van der Waals surface area contributed by atoms with Gasteiger partial charge in [0, 0.05) is 19.8 Å². The van der Waals surface area contributed by atoms with Crippen LogP contribution in [0, 0.1) is 0 Å². The van der Waals surface area contributed by atoms with Crippen molar-refractivity contribution >= 4 is 5.69 Å². The summed E-state index contributed by atoms with van der Waals surface area (Å²) in [7, 11) is 4.03. The van der Waals surface area contributed by atoms with E-state index in [0.717, 1.165) is 5.69 Å². The zero-order chi connectivity index (χ0) is 10.9. The zero-order valence-electron chi connectivity index (χ0n) is 9.63. The molecule has 1 aromatic carbocycles. The third kappa shape index (κ3) is 2.19. The van der Waals surface area contributed by atoms with Gasteiger partial charge >= 0.3 is 0 Å². The van der Waals surface area contributed by atoms with Gasteiger partial charge in [0.25, 0.3) is 0 Å². The van der Waals surface area contributed by atoms with Crippen molar-refractivity contribution in [2.24, 2.45) is 0 Å². The normalized spacial score (nSPS) is 11.5. The molecule has 78 valence electrons. The van der Waals surface area contributed by atoms with Crippen LogP contribution in [0.1, 0.15) is 26.3 Å². The molecule has 2 heteroatoms. The van der Waals surface area contributed by atoms with Crippen LogP contribution >= 0.6 is 0 Å². The van der Waals surface area contributed by atoms with E-state index in [2.05, 4.69) is 25.7 Å². The highest BCUT2D eigenvalue weighted by Crippen LogP contribution is 2.33. The Balaban J connectivity index is 3.30. The summed E-state index contributed by atoms with van der Waals surface area (Å²) in [5, 5.41) is 9.46. The van der Waals surface area contributed by atoms with E-state index in [0.29, 0.717) is 5.75 Å². The smallest absolute Gasteiger partial charge is 0.116 e. The largest absolute Gasteiger partial charge is 0.508 e. The van der Waals surface area contributed by atoms with Crippen LogP contribution in [0.15, 0.2) is 18.2 Å². The van der Waals surface area contributed by atoms with Gasteiger partial charge in [0.05, 0.1) is 0 Å². The lowest BCUT2D eigenvalue weighted by Gasteiger charge is -2.26. The standard InChI is InChI=1S/C12H19NO/c1-12(2,3)10-8-9(14)6-7-11(10)13(4)5/h6-8,14H,1-5H3. The first-order valence-electron chi connectivity index (χ1n) is 4.83. The molecule has 0 unspecified atom stereocenters. The molecule has 0 atom stereocenters. The second-order valence-corrected chi connectivity index (χ2v) is 4.85. The topological polar surface area (TPSA) is 23.5 Å². The summed E-state index contributed by atoms with van der Waals surface area (Å²) < 4.78 is 0. The van der Waals surface area contributed by atoms with Crippen molar-refractivity contribution in [1.82, 2.24) is 0 Å². The lowest BCUT2D eigenvalue weighted by atomic mass is 9.85. The highest BCUT2D eigenvalue weighted by Gasteiger charge is 2.19. The maximum atomic E-state index is 9.46. The third-order valence-corrected chi connectivity index (χ3v) is 2.27. The number of benzene rings is 1. The van der Waals surface area contributed by atoms with Crippen LogP contribution in [-0.4, -0.2) is 19.2 Å². The van der Waals surface area contributed by atoms with E-state index in [1.807, 2.05) is 26.2 Å². The Morgan fingerprint density at radius 1 is 1.14 bits per heavy atom.